The maximum absolute atomic E-state index is 13.0. The average Bonchev–Trinajstić information content (AvgIpc) is 2.97. The van der Waals surface area contributed by atoms with E-state index in [1.54, 1.807) is 17.0 Å². The van der Waals surface area contributed by atoms with E-state index in [2.05, 4.69) is 5.10 Å². The first kappa shape index (κ1) is 20.0. The Morgan fingerprint density at radius 2 is 1.71 bits per heavy atom. The number of aromatic nitrogens is 3. The van der Waals surface area contributed by atoms with Crippen LogP contribution in [0.2, 0.25) is 0 Å². The molecule has 7 nitrogen and oxygen atoms in total. The van der Waals surface area contributed by atoms with E-state index in [0.717, 1.165) is 17.4 Å². The largest absolute Gasteiger partial charge is 0.451 e. The Bertz CT molecular complexity index is 907. The van der Waals surface area contributed by atoms with Gasteiger partial charge < -0.3 is 9.80 Å². The van der Waals surface area contributed by atoms with E-state index >= 15 is 0 Å². The highest BCUT2D eigenvalue weighted by Gasteiger charge is 2.39. The average molecular weight is 397 g/mol. The summed E-state index contributed by atoms with van der Waals surface area (Å²) < 4.78 is 40.3. The summed E-state index contributed by atoms with van der Waals surface area (Å²) in [6.45, 7) is 0.701. The lowest BCUT2D eigenvalue weighted by Crippen LogP contribution is -2.41. The zero-order valence-electron chi connectivity index (χ0n) is 15.9. The van der Waals surface area contributed by atoms with E-state index in [4.69, 9.17) is 0 Å². The molecule has 1 aromatic carbocycles. The first-order valence-electron chi connectivity index (χ1n) is 8.89. The molecule has 1 aliphatic rings. The van der Waals surface area contributed by atoms with Gasteiger partial charge in [-0.1, -0.05) is 0 Å². The van der Waals surface area contributed by atoms with E-state index in [1.807, 2.05) is 31.1 Å². The van der Waals surface area contributed by atoms with Gasteiger partial charge in [-0.15, -0.1) is 5.10 Å². The van der Waals surface area contributed by atoms with Crippen molar-refractivity contribution in [3.8, 4) is 0 Å². The summed E-state index contributed by atoms with van der Waals surface area (Å²) in [6, 6.07) is 6.75. The third kappa shape index (κ3) is 3.76. The number of hydrogen-bond donors (Lipinski definition) is 0. The molecule has 1 saturated heterocycles. The quantitative estimate of drug-likeness (QED) is 0.796. The smallest absolute Gasteiger partial charge is 0.378 e. The van der Waals surface area contributed by atoms with Gasteiger partial charge in [0.05, 0.1) is 6.04 Å². The number of halogens is 3. The van der Waals surface area contributed by atoms with Crippen LogP contribution >= 0.6 is 0 Å². The van der Waals surface area contributed by atoms with Crippen LogP contribution in [-0.2, 0) is 13.2 Å². The molecular weight excluding hydrogens is 375 g/mol. The van der Waals surface area contributed by atoms with Crippen LogP contribution in [0.5, 0.6) is 0 Å². The second kappa shape index (κ2) is 7.33. The summed E-state index contributed by atoms with van der Waals surface area (Å²) in [7, 11) is 4.88. The molecule has 1 aliphatic heterocycles. The maximum atomic E-state index is 13.0. The third-order valence-electron chi connectivity index (χ3n) is 4.98. The number of rotatable bonds is 3. The van der Waals surface area contributed by atoms with Gasteiger partial charge in [0.1, 0.15) is 0 Å². The van der Waals surface area contributed by atoms with Crippen LogP contribution in [0.25, 0.3) is 0 Å². The molecular formula is C18H22F3N5O2. The Labute approximate surface area is 160 Å². The van der Waals surface area contributed by atoms with Crippen LogP contribution < -0.4 is 10.6 Å². The number of nitrogens with zero attached hydrogens (tertiary/aromatic N) is 5. The van der Waals surface area contributed by atoms with Gasteiger partial charge >= 0.3 is 11.9 Å². The normalized spacial score (nSPS) is 15.7. The Morgan fingerprint density at radius 1 is 1.14 bits per heavy atom. The molecule has 0 atom stereocenters. The lowest BCUT2D eigenvalue weighted by molar-refractivity contribution is -0.147. The minimum Gasteiger partial charge on any atom is -0.378 e. The predicted octanol–water partition coefficient (Wildman–Crippen LogP) is 2.14. The molecule has 0 unspecified atom stereocenters. The summed E-state index contributed by atoms with van der Waals surface area (Å²) in [5.74, 6) is -1.34. The summed E-state index contributed by atoms with van der Waals surface area (Å²) in [6.07, 6.45) is -3.94. The molecule has 0 aliphatic carbocycles. The fraction of sp³-hybridized carbons (Fsp3) is 0.500. The van der Waals surface area contributed by atoms with Crippen LogP contribution in [0.15, 0.2) is 29.1 Å². The number of carbonyl (C=O) groups is 1. The molecule has 10 heteroatoms. The van der Waals surface area contributed by atoms with E-state index in [9.17, 15) is 22.8 Å². The molecule has 152 valence electrons. The van der Waals surface area contributed by atoms with Gasteiger partial charge in [-0.05, 0) is 37.1 Å². The molecule has 28 heavy (non-hydrogen) atoms. The second-order valence-corrected chi connectivity index (χ2v) is 7.07. The fourth-order valence-electron chi connectivity index (χ4n) is 3.34. The predicted molar refractivity (Wildman–Crippen MR) is 97.4 cm³/mol. The first-order chi connectivity index (χ1) is 13.1. The first-order valence-corrected chi connectivity index (χ1v) is 8.89. The zero-order chi connectivity index (χ0) is 20.6. The van der Waals surface area contributed by atoms with Crippen molar-refractivity contribution in [3.63, 3.8) is 0 Å². The number of piperidine rings is 1. The van der Waals surface area contributed by atoms with Gasteiger partial charge in [0, 0.05) is 45.5 Å². The standard InChI is InChI=1S/C18H22F3N5O2/c1-23(2)13-6-4-12(5-7-13)15(27)25-10-8-14(9-11-25)26-17(28)24(3)16(22-26)18(19,20)21/h4-7,14H,8-11H2,1-3H3. The topological polar surface area (TPSA) is 63.4 Å². The molecule has 2 heterocycles. The van der Waals surface area contributed by atoms with Crippen molar-refractivity contribution < 1.29 is 18.0 Å². The molecule has 0 N–H and O–H groups in total. The molecule has 0 saturated carbocycles. The molecule has 0 radical (unpaired) electrons. The Kier molecular flexibility index (Phi) is 5.22. The Morgan fingerprint density at radius 3 is 2.18 bits per heavy atom. The Hall–Kier alpha value is -2.78. The van der Waals surface area contributed by atoms with Crippen LogP contribution in [-0.4, -0.2) is 52.3 Å². The number of anilines is 1. The van der Waals surface area contributed by atoms with Gasteiger partial charge in [-0.3, -0.25) is 9.36 Å². The molecule has 0 bridgehead atoms. The minimum absolute atomic E-state index is 0.131. The number of carbonyl (C=O) groups excluding carboxylic acids is 1. The van der Waals surface area contributed by atoms with Crippen molar-refractivity contribution >= 4 is 11.6 Å². The zero-order valence-corrected chi connectivity index (χ0v) is 15.9. The molecule has 3 rings (SSSR count). The van der Waals surface area contributed by atoms with Gasteiger partial charge in [-0.25, -0.2) is 9.48 Å². The van der Waals surface area contributed by atoms with Gasteiger partial charge in [-0.2, -0.15) is 13.2 Å². The van der Waals surface area contributed by atoms with Crippen LogP contribution in [0, 0.1) is 0 Å². The number of alkyl halides is 3. The van der Waals surface area contributed by atoms with Crippen molar-refractivity contribution in [1.82, 2.24) is 19.2 Å². The van der Waals surface area contributed by atoms with E-state index in [1.165, 1.54) is 0 Å². The van der Waals surface area contributed by atoms with Gasteiger partial charge in [0.15, 0.2) is 0 Å². The SMILES string of the molecule is CN(C)c1ccc(C(=O)N2CCC(n3nc(C(F)(F)F)n(C)c3=O)CC2)cc1. The van der Waals surface area contributed by atoms with Gasteiger partial charge in [0.25, 0.3) is 5.91 Å². The Balaban J connectivity index is 1.69. The summed E-state index contributed by atoms with van der Waals surface area (Å²) in [4.78, 5) is 28.4. The van der Waals surface area contributed by atoms with Crippen LogP contribution in [0.4, 0.5) is 18.9 Å². The lowest BCUT2D eigenvalue weighted by atomic mass is 10.0. The highest BCUT2D eigenvalue weighted by atomic mass is 19.4. The molecule has 1 aromatic heterocycles. The summed E-state index contributed by atoms with van der Waals surface area (Å²) >= 11 is 0. The second-order valence-electron chi connectivity index (χ2n) is 7.07. The number of benzene rings is 1. The minimum atomic E-state index is -4.69. The number of amides is 1. The molecule has 2 aromatic rings. The van der Waals surface area contributed by atoms with Crippen molar-refractivity contribution in [2.24, 2.45) is 7.05 Å². The van der Waals surface area contributed by atoms with Crippen LogP contribution in [0.1, 0.15) is 35.1 Å². The fourth-order valence-corrected chi connectivity index (χ4v) is 3.34. The number of likely N-dealkylation sites (tertiary alicyclic amines) is 1. The van der Waals surface area contributed by atoms with E-state index in [0.29, 0.717) is 36.1 Å². The van der Waals surface area contributed by atoms with Crippen molar-refractivity contribution in [1.29, 1.82) is 0 Å². The van der Waals surface area contributed by atoms with E-state index in [-0.39, 0.29) is 5.91 Å². The van der Waals surface area contributed by atoms with Crippen LogP contribution in [0.3, 0.4) is 0 Å². The monoisotopic (exact) mass is 397 g/mol. The van der Waals surface area contributed by atoms with Gasteiger partial charge in [0.2, 0.25) is 5.82 Å². The van der Waals surface area contributed by atoms with Crippen molar-refractivity contribution in [2.45, 2.75) is 25.1 Å². The molecule has 1 amide bonds. The van der Waals surface area contributed by atoms with Crippen molar-refractivity contribution in [2.75, 3.05) is 32.1 Å². The third-order valence-corrected chi connectivity index (χ3v) is 4.98. The summed E-state index contributed by atoms with van der Waals surface area (Å²) in [5.41, 5.74) is 0.736. The number of hydrogen-bond acceptors (Lipinski definition) is 4. The highest BCUT2D eigenvalue weighted by Crippen LogP contribution is 2.28. The molecule has 0 spiro atoms. The maximum Gasteiger partial charge on any atom is 0.451 e. The van der Waals surface area contributed by atoms with E-state index < -0.39 is 23.7 Å². The summed E-state index contributed by atoms with van der Waals surface area (Å²) in [5, 5.41) is 3.49. The lowest BCUT2D eigenvalue weighted by Gasteiger charge is -2.31. The highest BCUT2D eigenvalue weighted by molar-refractivity contribution is 5.94. The van der Waals surface area contributed by atoms with Crippen molar-refractivity contribution in [3.05, 3.63) is 46.1 Å². The molecule has 1 fully saturated rings.